The number of hydrogen-bond acceptors (Lipinski definition) is 7. The Morgan fingerprint density at radius 2 is 1.94 bits per heavy atom. The molecule has 3 N–H and O–H groups in total. The van der Waals surface area contributed by atoms with Crippen molar-refractivity contribution in [2.45, 2.75) is 19.4 Å². The minimum absolute atomic E-state index is 0.194. The van der Waals surface area contributed by atoms with Crippen LogP contribution in [0.1, 0.15) is 13.8 Å². The van der Waals surface area contributed by atoms with Crippen molar-refractivity contribution in [1.82, 2.24) is 15.0 Å². The van der Waals surface area contributed by atoms with Gasteiger partial charge in [0.15, 0.2) is 0 Å². The van der Waals surface area contributed by atoms with Crippen molar-refractivity contribution >= 4 is 17.8 Å². The number of nitrogens with zero attached hydrogens (tertiary/aromatic N) is 4. The van der Waals surface area contributed by atoms with Crippen LogP contribution in [0.2, 0.25) is 0 Å². The highest BCUT2D eigenvalue weighted by Crippen LogP contribution is 2.14. The molecule has 1 rings (SSSR count). The minimum atomic E-state index is -0.272. The van der Waals surface area contributed by atoms with Crippen LogP contribution in [0.3, 0.4) is 0 Å². The van der Waals surface area contributed by atoms with Crippen LogP contribution in [0.5, 0.6) is 0 Å². The fourth-order valence-corrected chi connectivity index (χ4v) is 1.34. The Labute approximate surface area is 101 Å². The third-order valence-electron chi connectivity index (χ3n) is 2.00. The number of aromatic nitrogens is 3. The van der Waals surface area contributed by atoms with Crippen LogP contribution in [-0.2, 0) is 4.74 Å². The maximum absolute atomic E-state index is 5.63. The van der Waals surface area contributed by atoms with E-state index < -0.39 is 0 Å². The molecule has 0 amide bonds. The second-order valence-corrected chi connectivity index (χ2v) is 4.65. The summed E-state index contributed by atoms with van der Waals surface area (Å²) >= 11 is 0. The topological polar surface area (TPSA) is 89.2 Å². The standard InChI is InChI=1S/C10H20N6O/c1-10(2,6-17-5)15-8-12-7(11)13-9(14-8)16(3)4/h6H2,1-5H3,(H3,11,12,13,14,15). The van der Waals surface area contributed by atoms with Crippen molar-refractivity contribution < 1.29 is 4.74 Å². The molecule has 1 heterocycles. The molecule has 0 bridgehead atoms. The van der Waals surface area contributed by atoms with Gasteiger partial charge in [-0.25, -0.2) is 0 Å². The molecule has 0 spiro atoms. The number of rotatable bonds is 5. The lowest BCUT2D eigenvalue weighted by Gasteiger charge is -2.25. The largest absolute Gasteiger partial charge is 0.382 e. The molecule has 0 saturated carbocycles. The summed E-state index contributed by atoms with van der Waals surface area (Å²) in [7, 11) is 5.34. The first-order valence-electron chi connectivity index (χ1n) is 5.30. The molecule has 0 saturated heterocycles. The Bertz CT molecular complexity index is 379. The number of nitrogen functional groups attached to an aromatic ring is 1. The summed E-state index contributed by atoms with van der Waals surface area (Å²) in [6.07, 6.45) is 0. The third-order valence-corrected chi connectivity index (χ3v) is 2.00. The lowest BCUT2D eigenvalue weighted by atomic mass is 10.1. The zero-order valence-corrected chi connectivity index (χ0v) is 11.0. The SMILES string of the molecule is COCC(C)(C)Nc1nc(N)nc(N(C)C)n1. The van der Waals surface area contributed by atoms with Crippen molar-refractivity contribution in [2.24, 2.45) is 0 Å². The Morgan fingerprint density at radius 1 is 1.29 bits per heavy atom. The van der Waals surface area contributed by atoms with Crippen molar-refractivity contribution in [3.8, 4) is 0 Å². The van der Waals surface area contributed by atoms with Gasteiger partial charge in [-0.15, -0.1) is 0 Å². The first-order valence-corrected chi connectivity index (χ1v) is 5.30. The zero-order valence-electron chi connectivity index (χ0n) is 11.0. The summed E-state index contributed by atoms with van der Waals surface area (Å²) in [5.41, 5.74) is 5.36. The second-order valence-electron chi connectivity index (χ2n) is 4.65. The van der Waals surface area contributed by atoms with Gasteiger partial charge in [-0.2, -0.15) is 15.0 Å². The molecule has 0 atom stereocenters. The molecule has 0 unspecified atom stereocenters. The van der Waals surface area contributed by atoms with E-state index in [0.717, 1.165) is 0 Å². The number of methoxy groups -OCH3 is 1. The second kappa shape index (κ2) is 5.13. The van der Waals surface area contributed by atoms with Gasteiger partial charge < -0.3 is 20.7 Å². The van der Waals surface area contributed by atoms with Crippen molar-refractivity contribution in [1.29, 1.82) is 0 Å². The van der Waals surface area contributed by atoms with Crippen LogP contribution in [0.25, 0.3) is 0 Å². The lowest BCUT2D eigenvalue weighted by Crippen LogP contribution is -2.37. The van der Waals surface area contributed by atoms with Crippen molar-refractivity contribution in [2.75, 3.05) is 43.8 Å². The molecule has 0 aliphatic rings. The van der Waals surface area contributed by atoms with E-state index in [-0.39, 0.29) is 11.5 Å². The molecule has 1 aromatic rings. The highest BCUT2D eigenvalue weighted by Gasteiger charge is 2.19. The van der Waals surface area contributed by atoms with Gasteiger partial charge >= 0.3 is 0 Å². The van der Waals surface area contributed by atoms with Gasteiger partial charge in [-0.1, -0.05) is 0 Å². The molecule has 0 aromatic carbocycles. The number of nitrogens with two attached hydrogens (primary N) is 1. The molecule has 7 nitrogen and oxygen atoms in total. The van der Waals surface area contributed by atoms with E-state index in [2.05, 4.69) is 20.3 Å². The predicted octanol–water partition coefficient (Wildman–Crippen LogP) is 0.357. The highest BCUT2D eigenvalue weighted by molar-refractivity contribution is 5.42. The minimum Gasteiger partial charge on any atom is -0.382 e. The van der Waals surface area contributed by atoms with Gasteiger partial charge in [0.05, 0.1) is 12.1 Å². The average molecular weight is 240 g/mol. The van der Waals surface area contributed by atoms with E-state index in [1.165, 1.54) is 0 Å². The van der Waals surface area contributed by atoms with E-state index in [9.17, 15) is 0 Å². The van der Waals surface area contributed by atoms with Gasteiger partial charge in [0.1, 0.15) is 0 Å². The zero-order chi connectivity index (χ0) is 13.1. The molecular weight excluding hydrogens is 220 g/mol. The Kier molecular flexibility index (Phi) is 4.06. The molecule has 17 heavy (non-hydrogen) atoms. The summed E-state index contributed by atoms with van der Waals surface area (Å²) in [5.74, 6) is 1.16. The van der Waals surface area contributed by atoms with Crippen LogP contribution in [0.4, 0.5) is 17.8 Å². The Morgan fingerprint density at radius 3 is 2.47 bits per heavy atom. The quantitative estimate of drug-likeness (QED) is 0.767. The van der Waals surface area contributed by atoms with Gasteiger partial charge in [0, 0.05) is 21.2 Å². The fraction of sp³-hybridized carbons (Fsp3) is 0.700. The first-order chi connectivity index (χ1) is 7.84. The maximum atomic E-state index is 5.63. The molecule has 0 aliphatic carbocycles. The normalized spacial score (nSPS) is 11.4. The first kappa shape index (κ1) is 13.4. The van der Waals surface area contributed by atoms with E-state index in [4.69, 9.17) is 10.5 Å². The van der Waals surface area contributed by atoms with E-state index in [1.807, 2.05) is 27.9 Å². The fourth-order valence-electron chi connectivity index (χ4n) is 1.34. The highest BCUT2D eigenvalue weighted by atomic mass is 16.5. The molecule has 0 radical (unpaired) electrons. The van der Waals surface area contributed by atoms with Crippen molar-refractivity contribution in [3.63, 3.8) is 0 Å². The lowest BCUT2D eigenvalue weighted by molar-refractivity contribution is 0.158. The van der Waals surface area contributed by atoms with Crippen molar-refractivity contribution in [3.05, 3.63) is 0 Å². The summed E-state index contributed by atoms with van der Waals surface area (Å²) in [5, 5.41) is 3.16. The van der Waals surface area contributed by atoms with E-state index in [1.54, 1.807) is 12.0 Å². The van der Waals surface area contributed by atoms with Crippen LogP contribution in [-0.4, -0.2) is 48.3 Å². The van der Waals surface area contributed by atoms with Gasteiger partial charge in [0.2, 0.25) is 17.8 Å². The summed E-state index contributed by atoms with van der Waals surface area (Å²) < 4.78 is 5.11. The summed E-state index contributed by atoms with van der Waals surface area (Å²) in [4.78, 5) is 14.1. The van der Waals surface area contributed by atoms with Crippen LogP contribution in [0, 0.1) is 0 Å². The summed E-state index contributed by atoms with van der Waals surface area (Å²) in [6, 6.07) is 0. The molecule has 0 aliphatic heterocycles. The summed E-state index contributed by atoms with van der Waals surface area (Å²) in [6.45, 7) is 4.52. The number of ether oxygens (including phenoxy) is 1. The third kappa shape index (κ3) is 4.03. The molecule has 0 fully saturated rings. The molecule has 1 aromatic heterocycles. The van der Waals surface area contributed by atoms with Crippen LogP contribution < -0.4 is 16.0 Å². The molecular formula is C10H20N6O. The number of hydrogen-bond donors (Lipinski definition) is 2. The smallest absolute Gasteiger partial charge is 0.231 e. The Hall–Kier alpha value is -1.63. The predicted molar refractivity (Wildman–Crippen MR) is 68.1 cm³/mol. The van der Waals surface area contributed by atoms with Gasteiger partial charge in [-0.05, 0) is 13.8 Å². The number of anilines is 3. The number of nitrogens with one attached hydrogen (secondary N) is 1. The van der Waals surface area contributed by atoms with E-state index >= 15 is 0 Å². The van der Waals surface area contributed by atoms with Crippen LogP contribution >= 0.6 is 0 Å². The molecule has 7 heteroatoms. The average Bonchev–Trinajstić information content (AvgIpc) is 2.15. The molecule has 96 valence electrons. The van der Waals surface area contributed by atoms with E-state index in [0.29, 0.717) is 18.5 Å². The monoisotopic (exact) mass is 240 g/mol. The Balaban J connectivity index is 2.91. The maximum Gasteiger partial charge on any atom is 0.231 e. The van der Waals surface area contributed by atoms with Gasteiger partial charge in [-0.3, -0.25) is 0 Å². The van der Waals surface area contributed by atoms with Gasteiger partial charge in [0.25, 0.3) is 0 Å². The van der Waals surface area contributed by atoms with Crippen LogP contribution in [0.15, 0.2) is 0 Å².